The summed E-state index contributed by atoms with van der Waals surface area (Å²) in [5.74, 6) is -0.746. The van der Waals surface area contributed by atoms with E-state index in [0.29, 0.717) is 12.8 Å². The molecular formula is C18H30O3. The highest BCUT2D eigenvalue weighted by atomic mass is 16.4. The first-order valence-electron chi connectivity index (χ1n) is 8.42. The average molecular weight is 295 g/mol. The van der Waals surface area contributed by atoms with Crippen LogP contribution in [0.4, 0.5) is 0 Å². The zero-order valence-electron chi connectivity index (χ0n) is 14.1. The number of aliphatic carboxylic acids is 1. The second-order valence-corrected chi connectivity index (χ2v) is 5.07. The molecule has 0 aliphatic rings. The van der Waals surface area contributed by atoms with E-state index in [1.165, 1.54) is 25.0 Å². The van der Waals surface area contributed by atoms with Gasteiger partial charge in [-0.05, 0) is 38.5 Å². The lowest BCUT2D eigenvalue weighted by molar-refractivity contribution is -0.137. The molecule has 0 aromatic heterocycles. The van der Waals surface area contributed by atoms with Crippen LogP contribution in [0.15, 0.2) is 36.5 Å². The van der Waals surface area contributed by atoms with Crippen LogP contribution in [-0.2, 0) is 4.79 Å². The second kappa shape index (κ2) is 15.0. The number of unbranched alkanes of at least 4 members (excludes halogenated alkanes) is 5. The number of carboxylic acid groups (broad SMARTS) is 1. The fourth-order valence-electron chi connectivity index (χ4n) is 1.79. The molecule has 0 aromatic rings. The Morgan fingerprint density at radius 1 is 1.05 bits per heavy atom. The minimum absolute atomic E-state index is 0.226. The molecular weight excluding hydrogens is 264 g/mol. The topological polar surface area (TPSA) is 57.5 Å². The maximum atomic E-state index is 10.3. The van der Waals surface area contributed by atoms with Crippen LogP contribution in [0.3, 0.4) is 0 Å². The van der Waals surface area contributed by atoms with E-state index < -0.39 is 12.0 Å². The highest BCUT2D eigenvalue weighted by Gasteiger charge is 1.94. The lowest BCUT2D eigenvalue weighted by atomic mass is 10.1. The number of hydrogen-bond donors (Lipinski definition) is 2. The number of rotatable bonds is 13. The van der Waals surface area contributed by atoms with Crippen molar-refractivity contribution < 1.29 is 16.4 Å². The minimum atomic E-state index is -1.62. The van der Waals surface area contributed by atoms with Gasteiger partial charge in [0, 0.05) is 6.42 Å². The number of carboxylic acids is 1. The lowest BCUT2D eigenvalue weighted by Crippen LogP contribution is -1.95. The van der Waals surface area contributed by atoms with Crippen LogP contribution in [0.5, 0.6) is 0 Å². The molecule has 0 bridgehead atoms. The lowest BCUT2D eigenvalue weighted by Gasteiger charge is -1.97. The smallest absolute Gasteiger partial charge is 0.303 e. The Morgan fingerprint density at radius 3 is 2.43 bits per heavy atom. The Bertz CT molecular complexity index is 371. The third-order valence-electron chi connectivity index (χ3n) is 3.00. The molecule has 21 heavy (non-hydrogen) atoms. The van der Waals surface area contributed by atoms with E-state index in [0.717, 1.165) is 25.7 Å². The summed E-state index contributed by atoms with van der Waals surface area (Å²) in [6.45, 7) is 2.15. The van der Waals surface area contributed by atoms with E-state index in [1.54, 1.807) is 6.08 Å². The summed E-state index contributed by atoms with van der Waals surface area (Å²) in [4.78, 5) is 10.3. The molecule has 120 valence electrons. The highest BCUT2D eigenvalue weighted by molar-refractivity contribution is 5.66. The molecule has 0 fully saturated rings. The Labute approximate surface area is 130 Å². The molecule has 0 aliphatic carbocycles. The molecule has 0 aromatic carbocycles. The number of allylic oxidation sites excluding steroid dienone is 4. The molecule has 0 spiro atoms. The monoisotopic (exact) mass is 295 g/mol. The van der Waals surface area contributed by atoms with Crippen molar-refractivity contribution >= 4 is 5.97 Å². The van der Waals surface area contributed by atoms with Crippen LogP contribution < -0.4 is 0 Å². The molecule has 0 aliphatic heterocycles. The normalized spacial score (nSPS) is 15.8. The second-order valence-electron chi connectivity index (χ2n) is 5.07. The van der Waals surface area contributed by atoms with Crippen molar-refractivity contribution in [3.8, 4) is 0 Å². The molecule has 0 unspecified atom stereocenters. The number of hydrogen-bond acceptors (Lipinski definition) is 2. The molecule has 0 saturated heterocycles. The molecule has 0 rings (SSSR count). The van der Waals surface area contributed by atoms with Gasteiger partial charge >= 0.3 is 5.97 Å². The summed E-state index contributed by atoms with van der Waals surface area (Å²) in [5.41, 5.74) is 0. The Balaban J connectivity index is 3.78. The maximum Gasteiger partial charge on any atom is 0.303 e. The summed E-state index contributed by atoms with van der Waals surface area (Å²) in [5, 5.41) is 18.3. The molecule has 0 saturated carbocycles. The third kappa shape index (κ3) is 16.6. The Hall–Kier alpha value is -1.35. The van der Waals surface area contributed by atoms with Crippen molar-refractivity contribution in [3.05, 3.63) is 36.5 Å². The first kappa shape index (κ1) is 17.7. The van der Waals surface area contributed by atoms with Crippen molar-refractivity contribution in [2.24, 2.45) is 0 Å². The average Bonchev–Trinajstić information content (AvgIpc) is 2.45. The maximum absolute atomic E-state index is 10.3. The molecule has 0 amide bonds. The zero-order valence-corrected chi connectivity index (χ0v) is 13.1. The van der Waals surface area contributed by atoms with Gasteiger partial charge < -0.3 is 10.2 Å². The Kier molecular flexibility index (Phi) is 12.7. The quantitative estimate of drug-likeness (QED) is 0.385. The van der Waals surface area contributed by atoms with Gasteiger partial charge in [0.25, 0.3) is 0 Å². The van der Waals surface area contributed by atoms with Gasteiger partial charge in [0.05, 0.1) is 7.45 Å². The molecule has 0 heterocycles. The first-order valence-corrected chi connectivity index (χ1v) is 7.92. The van der Waals surface area contributed by atoms with Gasteiger partial charge in [-0.2, -0.15) is 0 Å². The van der Waals surface area contributed by atoms with E-state index in [9.17, 15) is 9.90 Å². The fourth-order valence-corrected chi connectivity index (χ4v) is 1.79. The fraction of sp³-hybridized carbons (Fsp3) is 0.611. The van der Waals surface area contributed by atoms with Crippen molar-refractivity contribution in [2.45, 2.75) is 70.8 Å². The van der Waals surface area contributed by atoms with Gasteiger partial charge in [-0.1, -0.05) is 56.2 Å². The van der Waals surface area contributed by atoms with Crippen LogP contribution in [-0.4, -0.2) is 22.3 Å². The van der Waals surface area contributed by atoms with Crippen LogP contribution in [0, 0.1) is 0 Å². The summed E-state index contributed by atoms with van der Waals surface area (Å²) in [7, 11) is 0. The van der Waals surface area contributed by atoms with Crippen molar-refractivity contribution in [1.29, 1.82) is 0 Å². The van der Waals surface area contributed by atoms with Gasteiger partial charge in [-0.3, -0.25) is 4.79 Å². The molecule has 3 heteroatoms. The zero-order chi connectivity index (χ0) is 16.7. The predicted molar refractivity (Wildman–Crippen MR) is 88.3 cm³/mol. The minimum Gasteiger partial charge on any atom is -0.481 e. The van der Waals surface area contributed by atoms with Crippen LogP contribution >= 0.6 is 0 Å². The van der Waals surface area contributed by atoms with Gasteiger partial charge in [-0.25, -0.2) is 0 Å². The summed E-state index contributed by atoms with van der Waals surface area (Å²) < 4.78 is 7.72. The van der Waals surface area contributed by atoms with E-state index >= 15 is 0 Å². The molecule has 1 atom stereocenters. The summed E-state index contributed by atoms with van der Waals surface area (Å²) in [6.07, 6.45) is 16.7. The van der Waals surface area contributed by atoms with Gasteiger partial charge in [0.2, 0.25) is 0 Å². The Morgan fingerprint density at radius 2 is 1.71 bits per heavy atom. The summed E-state index contributed by atoms with van der Waals surface area (Å²) >= 11 is 0. The number of aliphatic hydroxyl groups is 1. The van der Waals surface area contributed by atoms with E-state index in [4.69, 9.17) is 6.48 Å². The highest BCUT2D eigenvalue weighted by Crippen LogP contribution is 2.03. The van der Waals surface area contributed by atoms with Crippen LogP contribution in [0.25, 0.3) is 0 Å². The van der Waals surface area contributed by atoms with Gasteiger partial charge in [-0.15, -0.1) is 0 Å². The van der Waals surface area contributed by atoms with E-state index in [1.807, 2.05) is 18.2 Å². The standard InChI is InChI=1S/C18H30O3/c1-2-3-4-8-11-14-17(19)15-12-9-6-5-7-10-13-16-18(20)21/h5-6,11-12,14-15,17,19H,2-4,7-10,13,16H2,1H3,(H,20,21)/b6-5-,14-11-,15-12-/t17-/m1/s1/i17D. The van der Waals surface area contributed by atoms with E-state index in [-0.39, 0.29) is 6.42 Å². The molecule has 2 N–H and O–H groups in total. The van der Waals surface area contributed by atoms with Crippen LogP contribution in [0.2, 0.25) is 0 Å². The predicted octanol–water partition coefficient (Wildman–Crippen LogP) is 4.63. The van der Waals surface area contributed by atoms with Crippen molar-refractivity contribution in [1.82, 2.24) is 0 Å². The van der Waals surface area contributed by atoms with E-state index in [2.05, 4.69) is 6.92 Å². The third-order valence-corrected chi connectivity index (χ3v) is 3.00. The van der Waals surface area contributed by atoms with Crippen LogP contribution in [0.1, 0.15) is 66.1 Å². The van der Waals surface area contributed by atoms with Crippen molar-refractivity contribution in [2.75, 3.05) is 0 Å². The van der Waals surface area contributed by atoms with Crippen molar-refractivity contribution in [3.63, 3.8) is 0 Å². The van der Waals surface area contributed by atoms with Gasteiger partial charge in [0.15, 0.2) is 0 Å². The summed E-state index contributed by atoms with van der Waals surface area (Å²) in [6, 6.07) is 0. The number of carbonyl (C=O) groups is 1. The SMILES string of the molecule is [2H][C@](O)(/C=C\C/C=C\CCCCC(=O)O)/C=C\CCCCC. The molecule has 0 radical (unpaired) electrons. The largest absolute Gasteiger partial charge is 0.481 e. The molecule has 3 nitrogen and oxygen atoms in total. The van der Waals surface area contributed by atoms with Gasteiger partial charge in [0.1, 0.15) is 0 Å². The first-order chi connectivity index (χ1) is 10.5.